The molecule has 198 valence electrons. The number of thioether (sulfide) groups is 1. The fourth-order valence-corrected chi connectivity index (χ4v) is 6.70. The quantitative estimate of drug-likeness (QED) is 0.382. The first-order valence-corrected chi connectivity index (χ1v) is 14.4. The Bertz CT molecular complexity index is 1580. The molecule has 0 spiro atoms. The van der Waals surface area contributed by atoms with Crippen LogP contribution in [0.25, 0.3) is 0 Å². The van der Waals surface area contributed by atoms with Gasteiger partial charge in [-0.15, -0.1) is 10.2 Å². The number of hydrogen-bond acceptors (Lipinski definition) is 9. The number of carbonyl (C=O) groups excluding carboxylic acids is 2. The van der Waals surface area contributed by atoms with Crippen molar-refractivity contribution in [2.45, 2.75) is 50.3 Å². The molecule has 0 saturated carbocycles. The predicted octanol–water partition coefficient (Wildman–Crippen LogP) is 5.50. The molecular formula is C29H28N6O2S2. The largest absolute Gasteiger partial charge is 0.384 e. The number of benzene rings is 2. The van der Waals surface area contributed by atoms with Crippen molar-refractivity contribution in [3.63, 3.8) is 0 Å². The lowest BCUT2D eigenvalue weighted by atomic mass is 9.75. The lowest BCUT2D eigenvalue weighted by molar-refractivity contribution is -0.116. The molecule has 0 saturated heterocycles. The summed E-state index contributed by atoms with van der Waals surface area (Å²) in [5, 5.41) is 22.2. The molecule has 3 N–H and O–H groups in total. The molecule has 1 aromatic heterocycles. The number of ketones is 1. The first kappa shape index (κ1) is 26.7. The Balaban J connectivity index is 1.41. The lowest BCUT2D eigenvalue weighted by Crippen LogP contribution is -2.38. The number of anilines is 2. The van der Waals surface area contributed by atoms with Gasteiger partial charge in [-0.2, -0.15) is 5.26 Å². The summed E-state index contributed by atoms with van der Waals surface area (Å²) < 4.78 is 0.594. The number of nitrogens with two attached hydrogens (primary N) is 1. The normalized spacial score (nSPS) is 17.2. The van der Waals surface area contributed by atoms with Crippen LogP contribution in [-0.4, -0.2) is 27.6 Å². The van der Waals surface area contributed by atoms with Crippen molar-refractivity contribution in [2.24, 2.45) is 5.73 Å². The molecule has 1 amide bonds. The fourth-order valence-electron chi connectivity index (χ4n) is 5.02. The van der Waals surface area contributed by atoms with E-state index in [1.165, 1.54) is 23.1 Å². The molecule has 1 atom stereocenters. The maximum atomic E-state index is 13.3. The average Bonchev–Trinajstić information content (AvgIpc) is 3.38. The molecule has 0 fully saturated rings. The van der Waals surface area contributed by atoms with Crippen LogP contribution in [0.1, 0.15) is 47.4 Å². The number of nitrogens with zero attached hydrogens (tertiary/aromatic N) is 4. The number of Topliss-reactive ketones (excluding diaryl/α,β-unsaturated/α-hetero) is 1. The predicted molar refractivity (Wildman–Crippen MR) is 154 cm³/mol. The Kier molecular flexibility index (Phi) is 7.55. The van der Waals surface area contributed by atoms with E-state index < -0.39 is 5.92 Å². The van der Waals surface area contributed by atoms with Gasteiger partial charge < -0.3 is 11.1 Å². The minimum absolute atomic E-state index is 0.0249. The van der Waals surface area contributed by atoms with Gasteiger partial charge in [-0.05, 0) is 68.0 Å². The van der Waals surface area contributed by atoms with Crippen LogP contribution in [0.4, 0.5) is 10.8 Å². The molecule has 2 heterocycles. The monoisotopic (exact) mass is 556 g/mol. The highest BCUT2D eigenvalue weighted by molar-refractivity contribution is 8.01. The number of nitrogens with one attached hydrogen (secondary N) is 1. The summed E-state index contributed by atoms with van der Waals surface area (Å²) in [6.07, 6.45) is 1.77. The van der Waals surface area contributed by atoms with E-state index >= 15 is 0 Å². The number of allylic oxidation sites excluding steroid dienone is 3. The van der Waals surface area contributed by atoms with Crippen molar-refractivity contribution in [2.75, 3.05) is 16.0 Å². The zero-order valence-corrected chi connectivity index (χ0v) is 23.6. The molecule has 3 aromatic rings. The second kappa shape index (κ2) is 11.0. The van der Waals surface area contributed by atoms with Crippen molar-refractivity contribution in [1.82, 2.24) is 10.2 Å². The highest BCUT2D eigenvalue weighted by atomic mass is 32.2. The van der Waals surface area contributed by atoms with E-state index in [4.69, 9.17) is 5.73 Å². The van der Waals surface area contributed by atoms with Gasteiger partial charge in [-0.3, -0.25) is 14.5 Å². The van der Waals surface area contributed by atoms with E-state index in [0.717, 1.165) is 33.6 Å². The van der Waals surface area contributed by atoms with Gasteiger partial charge in [0.2, 0.25) is 11.0 Å². The fraction of sp³-hybridized carbons (Fsp3) is 0.276. The van der Waals surface area contributed by atoms with Crippen molar-refractivity contribution >= 4 is 45.6 Å². The van der Waals surface area contributed by atoms with Crippen molar-refractivity contribution in [3.05, 3.63) is 87.4 Å². The Morgan fingerprint density at radius 1 is 1.15 bits per heavy atom. The van der Waals surface area contributed by atoms with Crippen molar-refractivity contribution < 1.29 is 9.59 Å². The number of nitriles is 1. The number of amides is 1. The minimum Gasteiger partial charge on any atom is -0.384 e. The molecule has 0 bridgehead atoms. The summed E-state index contributed by atoms with van der Waals surface area (Å²) in [6.45, 7) is 6.01. The van der Waals surface area contributed by atoms with Crippen LogP contribution < -0.4 is 16.0 Å². The van der Waals surface area contributed by atoms with Crippen molar-refractivity contribution in [3.8, 4) is 6.07 Å². The lowest BCUT2D eigenvalue weighted by Gasteiger charge is -2.38. The highest BCUT2D eigenvalue weighted by Crippen LogP contribution is 2.47. The van der Waals surface area contributed by atoms with Gasteiger partial charge in [0.05, 0.1) is 23.3 Å². The molecule has 1 aliphatic heterocycles. The van der Waals surface area contributed by atoms with E-state index in [-0.39, 0.29) is 23.3 Å². The maximum absolute atomic E-state index is 13.3. The summed E-state index contributed by atoms with van der Waals surface area (Å²) in [6, 6.07) is 15.9. The Hall–Kier alpha value is -3.94. The van der Waals surface area contributed by atoms with Gasteiger partial charge >= 0.3 is 0 Å². The summed E-state index contributed by atoms with van der Waals surface area (Å²) >= 11 is 2.56. The highest BCUT2D eigenvalue weighted by Gasteiger charge is 2.41. The van der Waals surface area contributed by atoms with Gasteiger partial charge in [-0.25, -0.2) is 0 Å². The molecule has 39 heavy (non-hydrogen) atoms. The third-order valence-electron chi connectivity index (χ3n) is 7.12. The maximum Gasteiger partial charge on any atom is 0.234 e. The number of aryl methyl sites for hydroxylation is 3. The van der Waals surface area contributed by atoms with E-state index in [2.05, 4.69) is 21.6 Å². The molecule has 0 radical (unpaired) electrons. The van der Waals surface area contributed by atoms with Gasteiger partial charge in [0.1, 0.15) is 5.82 Å². The van der Waals surface area contributed by atoms with Gasteiger partial charge in [0.25, 0.3) is 0 Å². The van der Waals surface area contributed by atoms with Crippen LogP contribution in [0.3, 0.4) is 0 Å². The second-order valence-electron chi connectivity index (χ2n) is 9.66. The molecule has 8 nitrogen and oxygen atoms in total. The smallest absolute Gasteiger partial charge is 0.234 e. The number of aromatic nitrogens is 2. The van der Waals surface area contributed by atoms with Crippen LogP contribution in [-0.2, 0) is 9.59 Å². The third-order valence-corrected chi connectivity index (χ3v) is 9.16. The van der Waals surface area contributed by atoms with E-state index in [1.807, 2.05) is 63.2 Å². The average molecular weight is 557 g/mol. The van der Waals surface area contributed by atoms with Crippen LogP contribution in [0, 0.1) is 32.1 Å². The Morgan fingerprint density at radius 3 is 2.69 bits per heavy atom. The third kappa shape index (κ3) is 5.20. The van der Waals surface area contributed by atoms with E-state index in [1.54, 1.807) is 4.90 Å². The zero-order valence-electron chi connectivity index (χ0n) is 21.9. The molecule has 1 aliphatic carbocycles. The van der Waals surface area contributed by atoms with Crippen LogP contribution in [0.5, 0.6) is 0 Å². The van der Waals surface area contributed by atoms with E-state index in [9.17, 15) is 14.9 Å². The molecule has 2 aromatic carbocycles. The molecule has 10 heteroatoms. The Morgan fingerprint density at radius 2 is 1.95 bits per heavy atom. The van der Waals surface area contributed by atoms with Crippen LogP contribution >= 0.6 is 23.1 Å². The van der Waals surface area contributed by atoms with Crippen molar-refractivity contribution in [1.29, 1.82) is 5.26 Å². The molecule has 2 aliphatic rings. The number of carbonyl (C=O) groups is 2. The molecular weight excluding hydrogens is 528 g/mol. The molecule has 5 rings (SSSR count). The first-order valence-electron chi connectivity index (χ1n) is 12.6. The topological polar surface area (TPSA) is 125 Å². The summed E-state index contributed by atoms with van der Waals surface area (Å²) in [5.74, 6) is -0.200. The summed E-state index contributed by atoms with van der Waals surface area (Å²) in [5.41, 5.74) is 13.3. The summed E-state index contributed by atoms with van der Waals surface area (Å²) in [7, 11) is 0. The zero-order chi connectivity index (χ0) is 27.7. The second-order valence-corrected chi connectivity index (χ2v) is 11.8. The number of hydrogen-bond donors (Lipinski definition) is 2. The van der Waals surface area contributed by atoms with Gasteiger partial charge in [-0.1, -0.05) is 53.4 Å². The van der Waals surface area contributed by atoms with E-state index in [0.29, 0.717) is 39.9 Å². The van der Waals surface area contributed by atoms with Crippen LogP contribution in [0.2, 0.25) is 0 Å². The minimum atomic E-state index is -0.508. The SMILES string of the molecule is Cc1ccc(NC(=O)CSc2nnc(N3C(N)=C(C#N)C(c4ccccc4C)C4=C3CCCC4=O)s2)cc1C. The van der Waals surface area contributed by atoms with Gasteiger partial charge in [0.15, 0.2) is 10.1 Å². The molecule has 1 unspecified atom stereocenters. The Labute approximate surface area is 235 Å². The van der Waals surface area contributed by atoms with Crippen LogP contribution in [0.15, 0.2) is 69.5 Å². The summed E-state index contributed by atoms with van der Waals surface area (Å²) in [4.78, 5) is 27.6. The first-order chi connectivity index (χ1) is 18.8. The standard InChI is InChI=1S/C29H28N6O2S2/c1-16-11-12-19(13-18(16)3)32-24(37)15-38-29-34-33-28(39-29)35-22-9-6-10-23(36)26(22)25(21(14-30)27(35)31)20-8-5-4-7-17(20)2/h4-5,7-8,11-13,25H,6,9-10,15,31H2,1-3H3,(H,32,37). The number of rotatable bonds is 6. The van der Waals surface area contributed by atoms with Gasteiger partial charge in [0, 0.05) is 23.4 Å².